The van der Waals surface area contributed by atoms with Gasteiger partial charge in [0.1, 0.15) is 17.6 Å². The number of methoxy groups -OCH3 is 2. The molecule has 2 aromatic carbocycles. The van der Waals surface area contributed by atoms with E-state index in [1.807, 2.05) is 12.1 Å². The Balaban J connectivity index is 0.000000259. The molecule has 5 N–H and O–H groups in total. The number of hydrogen-bond donors (Lipinski definition) is 5. The van der Waals surface area contributed by atoms with Gasteiger partial charge in [0.05, 0.1) is 36.9 Å². The van der Waals surface area contributed by atoms with Gasteiger partial charge in [-0.25, -0.2) is 0 Å². The molecule has 2 saturated heterocycles. The second-order valence-corrected chi connectivity index (χ2v) is 18.9. The van der Waals surface area contributed by atoms with Crippen LogP contribution in [-0.2, 0) is 9.59 Å². The SMILES string of the molecule is C.C.CC(=O)N1CCCC(O)C1.COc1ccc(Nc2nc(Cl)nc(NC3CCCCCC3)n2)cc1Cl.COc1ccc(Nc2nc(NC3CCCCCC3)nc(OC3CCCN(C(C)=O)C3)n2)cc1Cl. The fraction of sp³-hybridized carbons (Fsp3) is 0.600. The number of nitrogens with zero attached hydrogens (tertiary/aromatic N) is 8. The Labute approximate surface area is 435 Å². The zero-order valence-corrected chi connectivity index (χ0v) is 42.4. The second kappa shape index (κ2) is 30.0. The Morgan fingerprint density at radius 3 is 1.46 bits per heavy atom. The zero-order chi connectivity index (χ0) is 49.1. The Hall–Kier alpha value is -5.17. The molecule has 4 aromatic rings. The average Bonchev–Trinajstić information content (AvgIpc) is 3.75. The lowest BCUT2D eigenvalue weighted by molar-refractivity contribution is -0.132. The summed E-state index contributed by atoms with van der Waals surface area (Å²) in [5, 5.41) is 23.4. The predicted octanol–water partition coefficient (Wildman–Crippen LogP) is 11.1. The number of benzene rings is 2. The Morgan fingerprint density at radius 1 is 0.577 bits per heavy atom. The van der Waals surface area contributed by atoms with Gasteiger partial charge in [-0.2, -0.15) is 29.9 Å². The number of amides is 2. The summed E-state index contributed by atoms with van der Waals surface area (Å²) in [6.45, 7) is 5.75. The number of aromatic nitrogens is 6. The number of halogens is 3. The summed E-state index contributed by atoms with van der Waals surface area (Å²) in [6.07, 6.45) is 17.5. The van der Waals surface area contributed by atoms with E-state index in [1.54, 1.807) is 55.2 Å². The molecular weight excluding hydrogens is 971 g/mol. The van der Waals surface area contributed by atoms with Gasteiger partial charge < -0.3 is 50.4 Å². The number of hydrogen-bond acceptors (Lipinski definition) is 16. The first-order chi connectivity index (χ1) is 33.3. The molecule has 0 radical (unpaired) electrons. The molecule has 2 amide bonds. The van der Waals surface area contributed by atoms with Gasteiger partial charge in [0.15, 0.2) is 0 Å². The fourth-order valence-corrected chi connectivity index (χ4v) is 9.34. The number of piperidine rings is 2. The van der Waals surface area contributed by atoms with Gasteiger partial charge in [0.2, 0.25) is 40.9 Å². The van der Waals surface area contributed by atoms with E-state index >= 15 is 0 Å². The lowest BCUT2D eigenvalue weighted by Gasteiger charge is -2.31. The molecule has 392 valence electrons. The quantitative estimate of drug-likeness (QED) is 0.0835. The Kier molecular flexibility index (Phi) is 24.7. The van der Waals surface area contributed by atoms with Gasteiger partial charge in [-0.15, -0.1) is 0 Å². The van der Waals surface area contributed by atoms with Gasteiger partial charge >= 0.3 is 6.01 Å². The molecule has 2 saturated carbocycles. The lowest BCUT2D eigenvalue weighted by Crippen LogP contribution is -2.43. The van der Waals surface area contributed by atoms with E-state index in [-0.39, 0.29) is 50.2 Å². The van der Waals surface area contributed by atoms with Crippen LogP contribution in [0.15, 0.2) is 36.4 Å². The van der Waals surface area contributed by atoms with Crippen molar-refractivity contribution in [2.24, 2.45) is 0 Å². The van der Waals surface area contributed by atoms with Crippen molar-refractivity contribution in [2.45, 2.75) is 156 Å². The summed E-state index contributed by atoms with van der Waals surface area (Å²) in [5.74, 6) is 3.04. The number of carbonyl (C=O) groups excluding carboxylic acids is 2. The van der Waals surface area contributed by atoms with E-state index < -0.39 is 0 Å². The first kappa shape index (κ1) is 58.4. The molecule has 4 aliphatic rings. The van der Waals surface area contributed by atoms with Crippen LogP contribution >= 0.6 is 34.8 Å². The van der Waals surface area contributed by atoms with E-state index in [1.165, 1.54) is 58.3 Å². The van der Waals surface area contributed by atoms with Crippen molar-refractivity contribution in [2.75, 3.05) is 61.7 Å². The van der Waals surface area contributed by atoms with Gasteiger partial charge in [-0.05, 0) is 99.4 Å². The highest BCUT2D eigenvalue weighted by Crippen LogP contribution is 2.31. The smallest absolute Gasteiger partial charge is 0.323 e. The Morgan fingerprint density at radius 2 is 1.01 bits per heavy atom. The highest BCUT2D eigenvalue weighted by atomic mass is 35.5. The van der Waals surface area contributed by atoms with Crippen LogP contribution in [0.25, 0.3) is 0 Å². The minimum Gasteiger partial charge on any atom is -0.495 e. The summed E-state index contributed by atoms with van der Waals surface area (Å²) in [5.41, 5.74) is 1.47. The summed E-state index contributed by atoms with van der Waals surface area (Å²) in [7, 11) is 3.15. The van der Waals surface area contributed by atoms with Gasteiger partial charge in [-0.1, -0.05) is 89.4 Å². The highest BCUT2D eigenvalue weighted by molar-refractivity contribution is 6.32. The summed E-state index contributed by atoms with van der Waals surface area (Å²) in [4.78, 5) is 52.5. The van der Waals surface area contributed by atoms with Crippen molar-refractivity contribution in [3.63, 3.8) is 0 Å². The van der Waals surface area contributed by atoms with Crippen LogP contribution in [0.4, 0.5) is 35.2 Å². The van der Waals surface area contributed by atoms with Crippen molar-refractivity contribution in [1.29, 1.82) is 0 Å². The molecule has 21 heteroatoms. The van der Waals surface area contributed by atoms with E-state index in [2.05, 4.69) is 51.2 Å². The van der Waals surface area contributed by atoms with Crippen molar-refractivity contribution < 1.29 is 28.9 Å². The van der Waals surface area contributed by atoms with Crippen molar-refractivity contribution in [1.82, 2.24) is 39.7 Å². The zero-order valence-electron chi connectivity index (χ0n) is 40.1. The molecular formula is C50H75Cl3N12O6. The number of aliphatic hydroxyl groups is 1. The van der Waals surface area contributed by atoms with E-state index in [4.69, 9.17) is 54.1 Å². The number of aliphatic hydroxyl groups excluding tert-OH is 1. The van der Waals surface area contributed by atoms with E-state index in [0.717, 1.165) is 75.8 Å². The topological polar surface area (TPSA) is 214 Å². The number of anilines is 6. The summed E-state index contributed by atoms with van der Waals surface area (Å²) in [6, 6.07) is 11.7. The van der Waals surface area contributed by atoms with Crippen molar-refractivity contribution in [3.05, 3.63) is 51.7 Å². The van der Waals surface area contributed by atoms with Gasteiger partial charge in [-0.3, -0.25) is 9.59 Å². The number of rotatable bonds is 12. The van der Waals surface area contributed by atoms with Crippen LogP contribution < -0.4 is 35.5 Å². The number of likely N-dealkylation sites (tertiary alicyclic amines) is 2. The molecule has 2 aromatic heterocycles. The average molecular weight is 1050 g/mol. The first-order valence-corrected chi connectivity index (χ1v) is 25.2. The molecule has 2 aliphatic carbocycles. The molecule has 0 spiro atoms. The normalized spacial score (nSPS) is 18.4. The van der Waals surface area contributed by atoms with E-state index in [9.17, 15) is 9.59 Å². The molecule has 4 heterocycles. The summed E-state index contributed by atoms with van der Waals surface area (Å²) < 4.78 is 16.5. The summed E-state index contributed by atoms with van der Waals surface area (Å²) >= 11 is 18.5. The van der Waals surface area contributed by atoms with Crippen LogP contribution in [0, 0.1) is 0 Å². The fourth-order valence-electron chi connectivity index (χ4n) is 8.67. The maximum Gasteiger partial charge on any atom is 0.323 e. The second-order valence-electron chi connectivity index (χ2n) is 17.7. The molecule has 18 nitrogen and oxygen atoms in total. The maximum atomic E-state index is 11.8. The Bertz CT molecular complexity index is 2270. The largest absolute Gasteiger partial charge is 0.495 e. The van der Waals surface area contributed by atoms with Gasteiger partial charge in [0, 0.05) is 56.9 Å². The molecule has 2 atom stereocenters. The molecule has 71 heavy (non-hydrogen) atoms. The van der Waals surface area contributed by atoms with Crippen LogP contribution in [0.1, 0.15) is 131 Å². The number of β-amino-alcohol motifs (C(OH)–C–C–N with tert-alkyl or cyclic N) is 1. The monoisotopic (exact) mass is 1040 g/mol. The van der Waals surface area contributed by atoms with E-state index in [0.29, 0.717) is 70.5 Å². The molecule has 4 fully saturated rings. The van der Waals surface area contributed by atoms with Crippen LogP contribution in [0.2, 0.25) is 15.3 Å². The maximum absolute atomic E-state index is 11.8. The molecule has 2 unspecified atom stereocenters. The van der Waals surface area contributed by atoms with Crippen molar-refractivity contribution in [3.8, 4) is 17.5 Å². The third kappa shape index (κ3) is 19.4. The minimum atomic E-state index is -0.294. The first-order valence-electron chi connectivity index (χ1n) is 24.1. The number of carbonyl (C=O) groups is 2. The third-order valence-electron chi connectivity index (χ3n) is 12.4. The third-order valence-corrected chi connectivity index (χ3v) is 13.1. The highest BCUT2D eigenvalue weighted by Gasteiger charge is 2.25. The molecule has 2 aliphatic heterocycles. The number of nitrogens with one attached hydrogen (secondary N) is 4. The molecule has 0 bridgehead atoms. The van der Waals surface area contributed by atoms with Crippen LogP contribution in [-0.4, -0.2) is 121 Å². The van der Waals surface area contributed by atoms with Crippen molar-refractivity contribution >= 4 is 81.8 Å². The van der Waals surface area contributed by atoms with Crippen LogP contribution in [0.5, 0.6) is 17.5 Å². The van der Waals surface area contributed by atoms with Gasteiger partial charge in [0.25, 0.3) is 0 Å². The lowest BCUT2D eigenvalue weighted by atomic mass is 10.1. The molecule has 8 rings (SSSR count). The van der Waals surface area contributed by atoms with Crippen LogP contribution in [0.3, 0.4) is 0 Å². The number of ether oxygens (including phenoxy) is 3. The minimum absolute atomic E-state index is 0. The standard InChI is InChI=1S/C24H33ClN6O3.C17H21Cl2N5O.C7H13NO2.2CH4/c1-16(32)31-13-7-10-19(15-31)34-24-29-22(26-17-8-5-3-4-6-9-17)28-23(30-24)27-18-11-12-21(33-2)20(25)14-18;1-25-14-9-8-12(10-13(14)18)21-17-23-15(19)22-16(24-17)20-11-6-4-2-3-5-7-11;1-6(9)8-4-2-3-7(10)5-8;;/h11-12,14,17,19H,3-10,13,15H2,1-2H3,(H2,26,27,28,29,30);8-11H,2-7H2,1H3,(H2,20,21,22,23,24);7,10H,2-5H2,1H3;2*1H4. The predicted molar refractivity (Wildman–Crippen MR) is 284 cm³/mol.